The zero-order chi connectivity index (χ0) is 21.0. The number of aromatic carboxylic acids is 1. The van der Waals surface area contributed by atoms with Crippen molar-refractivity contribution in [2.45, 2.75) is 0 Å². The van der Waals surface area contributed by atoms with E-state index in [-0.39, 0.29) is 28.9 Å². The molecule has 5 N–H and O–H groups in total. The van der Waals surface area contributed by atoms with E-state index in [1.807, 2.05) is 0 Å². The summed E-state index contributed by atoms with van der Waals surface area (Å²) in [7, 11) is -1.95. The van der Waals surface area contributed by atoms with Gasteiger partial charge >= 0.3 is 5.97 Å². The van der Waals surface area contributed by atoms with Crippen LogP contribution in [0.5, 0.6) is 0 Å². The van der Waals surface area contributed by atoms with Gasteiger partial charge in [0.05, 0.1) is 23.4 Å². The summed E-state index contributed by atoms with van der Waals surface area (Å²) >= 11 is 0.760. The summed E-state index contributed by atoms with van der Waals surface area (Å²) in [6.07, 6.45) is 0. The Balaban J connectivity index is 2.31. The van der Waals surface area contributed by atoms with Crippen molar-refractivity contribution in [1.82, 2.24) is 9.88 Å². The molecule has 14 heteroatoms. The molecule has 28 heavy (non-hydrogen) atoms. The highest BCUT2D eigenvalue weighted by Gasteiger charge is 2.23. The number of guanidine groups is 1. The highest BCUT2D eigenvalue weighted by Crippen LogP contribution is 2.33. The number of aromatic nitrogens is 1. The van der Waals surface area contributed by atoms with E-state index in [4.69, 9.17) is 16.2 Å². The molecule has 1 amide bonds. The molecular formula is C14H15FN6O5S2. The van der Waals surface area contributed by atoms with Crippen LogP contribution in [0.1, 0.15) is 10.5 Å². The van der Waals surface area contributed by atoms with Gasteiger partial charge in [0.2, 0.25) is 16.8 Å². The standard InChI is InChI=1S/C14H15FN6O5S2/c1-20(14(16)17)5-10(22)19-9-3-2-7(4-8(9)15)21(28(25)26)12-11(13(23)24)18-6-27-12/h2-4,6,28H,5H2,1H3,(H3,16,17)(H,19,22)(H,23,24). The normalized spacial score (nSPS) is 10.5. The number of carbonyl (C=O) groups is 2. The number of amides is 1. The first-order valence-corrected chi connectivity index (χ1v) is 9.38. The molecular weight excluding hydrogens is 415 g/mol. The molecule has 0 fully saturated rings. The van der Waals surface area contributed by atoms with Crippen LogP contribution in [-0.4, -0.2) is 54.8 Å². The highest BCUT2D eigenvalue weighted by molar-refractivity contribution is 7.74. The second kappa shape index (κ2) is 8.62. The Hall–Kier alpha value is -3.26. The Kier molecular flexibility index (Phi) is 6.48. The molecule has 11 nitrogen and oxygen atoms in total. The fourth-order valence-electron chi connectivity index (χ4n) is 2.05. The Morgan fingerprint density at radius 1 is 1.43 bits per heavy atom. The van der Waals surface area contributed by atoms with Gasteiger partial charge in [0, 0.05) is 13.1 Å². The number of carboxylic acids is 1. The van der Waals surface area contributed by atoms with Crippen molar-refractivity contribution in [3.05, 3.63) is 35.2 Å². The lowest BCUT2D eigenvalue weighted by Crippen LogP contribution is -2.38. The Morgan fingerprint density at radius 2 is 2.11 bits per heavy atom. The van der Waals surface area contributed by atoms with Gasteiger partial charge in [-0.05, 0) is 12.1 Å². The van der Waals surface area contributed by atoms with E-state index in [2.05, 4.69) is 10.3 Å². The van der Waals surface area contributed by atoms with Crippen LogP contribution in [0.4, 0.5) is 20.8 Å². The molecule has 0 aliphatic rings. The van der Waals surface area contributed by atoms with Crippen molar-refractivity contribution < 1.29 is 27.5 Å². The number of carboxylic acid groups (broad SMARTS) is 1. The van der Waals surface area contributed by atoms with Crippen molar-refractivity contribution in [3.63, 3.8) is 0 Å². The highest BCUT2D eigenvalue weighted by atomic mass is 32.2. The molecule has 1 heterocycles. The van der Waals surface area contributed by atoms with Crippen molar-refractivity contribution in [2.24, 2.45) is 5.73 Å². The molecule has 1 aromatic carbocycles. The molecule has 0 saturated heterocycles. The van der Waals surface area contributed by atoms with E-state index in [1.54, 1.807) is 0 Å². The first kappa shape index (κ1) is 21.0. The number of thiol groups is 1. The van der Waals surface area contributed by atoms with Gasteiger partial charge in [-0.15, -0.1) is 11.3 Å². The predicted molar refractivity (Wildman–Crippen MR) is 101 cm³/mol. The van der Waals surface area contributed by atoms with Gasteiger partial charge in [-0.25, -0.2) is 26.9 Å². The fraction of sp³-hybridized carbons (Fsp3) is 0.143. The van der Waals surface area contributed by atoms with Gasteiger partial charge in [-0.3, -0.25) is 10.2 Å². The Bertz CT molecular complexity index is 1000. The molecule has 0 unspecified atom stereocenters. The zero-order valence-corrected chi connectivity index (χ0v) is 16.0. The number of benzene rings is 1. The van der Waals surface area contributed by atoms with Crippen LogP contribution in [0, 0.1) is 11.2 Å². The average Bonchev–Trinajstić information content (AvgIpc) is 3.06. The topological polar surface area (TPSA) is 170 Å². The molecule has 0 aliphatic carbocycles. The molecule has 150 valence electrons. The molecule has 2 rings (SSSR count). The Morgan fingerprint density at radius 3 is 2.64 bits per heavy atom. The van der Waals surface area contributed by atoms with E-state index in [0.717, 1.165) is 33.9 Å². The summed E-state index contributed by atoms with van der Waals surface area (Å²) in [6.45, 7) is -0.294. The van der Waals surface area contributed by atoms with E-state index in [0.29, 0.717) is 4.31 Å². The zero-order valence-electron chi connectivity index (χ0n) is 14.2. The molecule has 0 radical (unpaired) electrons. The summed E-state index contributed by atoms with van der Waals surface area (Å²) < 4.78 is 38.3. The third-order valence-electron chi connectivity index (χ3n) is 3.37. The summed E-state index contributed by atoms with van der Waals surface area (Å²) in [5.41, 5.74) is 5.48. The lowest BCUT2D eigenvalue weighted by molar-refractivity contribution is -0.116. The van der Waals surface area contributed by atoms with Crippen LogP contribution in [-0.2, 0) is 15.7 Å². The van der Waals surface area contributed by atoms with Gasteiger partial charge < -0.3 is 21.1 Å². The van der Waals surface area contributed by atoms with Crippen LogP contribution in [0.25, 0.3) is 0 Å². The van der Waals surface area contributed by atoms with Crippen molar-refractivity contribution in [2.75, 3.05) is 23.2 Å². The predicted octanol–water partition coefficient (Wildman–Crippen LogP) is 0.409. The van der Waals surface area contributed by atoms with E-state index >= 15 is 0 Å². The molecule has 1 aromatic heterocycles. The number of nitrogens with one attached hydrogen (secondary N) is 2. The summed E-state index contributed by atoms with van der Waals surface area (Å²) in [5.74, 6) is -3.37. The van der Waals surface area contributed by atoms with Crippen LogP contribution >= 0.6 is 11.3 Å². The van der Waals surface area contributed by atoms with Crippen LogP contribution in [0.15, 0.2) is 23.7 Å². The number of hydrogen-bond donors (Lipinski definition) is 5. The van der Waals surface area contributed by atoms with Crippen molar-refractivity contribution in [1.29, 1.82) is 5.41 Å². The number of nitrogens with two attached hydrogens (primary N) is 1. The quantitative estimate of drug-likeness (QED) is 0.239. The number of likely N-dealkylation sites (N-methyl/N-ethyl adjacent to an activating group) is 1. The lowest BCUT2D eigenvalue weighted by Gasteiger charge is -2.18. The average molecular weight is 430 g/mol. The van der Waals surface area contributed by atoms with E-state index in [1.165, 1.54) is 13.1 Å². The maximum Gasteiger partial charge on any atom is 0.357 e. The maximum absolute atomic E-state index is 14.4. The van der Waals surface area contributed by atoms with E-state index in [9.17, 15) is 22.4 Å². The van der Waals surface area contributed by atoms with Crippen LogP contribution in [0.3, 0.4) is 0 Å². The van der Waals surface area contributed by atoms with Gasteiger partial charge in [0.1, 0.15) is 10.8 Å². The lowest BCUT2D eigenvalue weighted by atomic mass is 10.2. The third-order valence-corrected chi connectivity index (χ3v) is 5.07. The fourth-order valence-corrected chi connectivity index (χ4v) is 3.66. The first-order chi connectivity index (χ1) is 13.1. The summed E-state index contributed by atoms with van der Waals surface area (Å²) in [4.78, 5) is 27.8. The van der Waals surface area contributed by atoms with Crippen LogP contribution < -0.4 is 15.4 Å². The minimum absolute atomic E-state index is 0.167. The molecule has 0 saturated carbocycles. The SMILES string of the molecule is CN(CC(=O)Nc1ccc(N(c2scnc2C(=O)O)[SH](=O)=O)cc1F)C(=N)N. The number of carbonyl (C=O) groups excluding carboxylic acids is 1. The molecule has 0 spiro atoms. The maximum atomic E-state index is 14.4. The number of hydrogen-bond acceptors (Lipinski definition) is 7. The molecule has 0 bridgehead atoms. The smallest absolute Gasteiger partial charge is 0.357 e. The molecule has 0 atom stereocenters. The number of rotatable bonds is 7. The molecule has 2 aromatic rings. The third kappa shape index (κ3) is 4.72. The number of halogens is 1. The van der Waals surface area contributed by atoms with Crippen molar-refractivity contribution in [3.8, 4) is 0 Å². The minimum Gasteiger partial charge on any atom is -0.476 e. The second-order valence-electron chi connectivity index (χ2n) is 5.31. The monoisotopic (exact) mass is 430 g/mol. The number of anilines is 3. The number of thiazole rings is 1. The second-order valence-corrected chi connectivity index (χ2v) is 7.02. The van der Waals surface area contributed by atoms with Gasteiger partial charge in [-0.2, -0.15) is 0 Å². The largest absolute Gasteiger partial charge is 0.476 e. The first-order valence-electron chi connectivity index (χ1n) is 7.37. The molecule has 0 aliphatic heterocycles. The summed E-state index contributed by atoms with van der Waals surface area (Å²) in [6, 6.07) is 3.16. The van der Waals surface area contributed by atoms with Gasteiger partial charge in [0.15, 0.2) is 11.7 Å². The Labute approximate surface area is 163 Å². The van der Waals surface area contributed by atoms with Crippen LogP contribution in [0.2, 0.25) is 0 Å². The van der Waals surface area contributed by atoms with Crippen molar-refractivity contribution >= 4 is 56.4 Å². The van der Waals surface area contributed by atoms with Gasteiger partial charge in [-0.1, -0.05) is 0 Å². The van der Waals surface area contributed by atoms with E-state index < -0.39 is 34.3 Å². The van der Waals surface area contributed by atoms with Gasteiger partial charge in [0.25, 0.3) is 0 Å². The summed E-state index contributed by atoms with van der Waals surface area (Å²) in [5, 5.41) is 18.4. The number of nitrogens with zero attached hydrogens (tertiary/aromatic N) is 3. The minimum atomic E-state index is -3.35.